The summed E-state index contributed by atoms with van der Waals surface area (Å²) in [5, 5.41) is 10.8. The highest BCUT2D eigenvalue weighted by atomic mass is 16.3. The summed E-state index contributed by atoms with van der Waals surface area (Å²) in [6.07, 6.45) is 4.46. The van der Waals surface area contributed by atoms with Crippen LogP contribution in [0, 0.1) is 5.92 Å². The Morgan fingerprint density at radius 2 is 1.89 bits per heavy atom. The quantitative estimate of drug-likeness (QED) is 0.906. The molecule has 0 bridgehead atoms. The summed E-state index contributed by atoms with van der Waals surface area (Å²) in [6.45, 7) is 6.22. The monoisotopic (exact) mass is 255 g/mol. The number of nitrogens with zero attached hydrogens (tertiary/aromatic N) is 1. The molecule has 0 aliphatic rings. The van der Waals surface area contributed by atoms with E-state index in [1.807, 2.05) is 31.2 Å². The van der Waals surface area contributed by atoms with Crippen LogP contribution in [-0.2, 0) is 12.0 Å². The van der Waals surface area contributed by atoms with Crippen LogP contribution in [0.4, 0.5) is 0 Å². The van der Waals surface area contributed by atoms with E-state index in [0.717, 1.165) is 17.5 Å². The molecule has 100 valence electrons. The Bertz CT molecular complexity index is 532. The van der Waals surface area contributed by atoms with Gasteiger partial charge >= 0.3 is 0 Å². The molecule has 1 unspecified atom stereocenters. The summed E-state index contributed by atoms with van der Waals surface area (Å²) < 4.78 is 0. The first-order chi connectivity index (χ1) is 9.00. The largest absolute Gasteiger partial charge is 0.381 e. The lowest BCUT2D eigenvalue weighted by atomic mass is 9.87. The Hall–Kier alpha value is -1.67. The summed E-state index contributed by atoms with van der Waals surface area (Å²) >= 11 is 0. The first kappa shape index (κ1) is 13.8. The zero-order valence-corrected chi connectivity index (χ0v) is 11.8. The van der Waals surface area contributed by atoms with Gasteiger partial charge in [0.2, 0.25) is 0 Å². The zero-order chi connectivity index (χ0) is 13.9. The molecule has 19 heavy (non-hydrogen) atoms. The summed E-state index contributed by atoms with van der Waals surface area (Å²) in [7, 11) is 0. The van der Waals surface area contributed by atoms with Crippen molar-refractivity contribution >= 4 is 0 Å². The van der Waals surface area contributed by atoms with Gasteiger partial charge in [-0.2, -0.15) is 0 Å². The molecule has 0 fully saturated rings. The van der Waals surface area contributed by atoms with Crippen molar-refractivity contribution in [1.29, 1.82) is 0 Å². The van der Waals surface area contributed by atoms with Crippen LogP contribution in [0.5, 0.6) is 0 Å². The lowest BCUT2D eigenvalue weighted by molar-refractivity contribution is 0.102. The van der Waals surface area contributed by atoms with Crippen LogP contribution >= 0.6 is 0 Å². The van der Waals surface area contributed by atoms with E-state index < -0.39 is 5.60 Å². The fourth-order valence-corrected chi connectivity index (χ4v) is 2.29. The van der Waals surface area contributed by atoms with Gasteiger partial charge in [-0.15, -0.1) is 0 Å². The van der Waals surface area contributed by atoms with Crippen LogP contribution in [0.1, 0.15) is 37.5 Å². The topological polar surface area (TPSA) is 33.1 Å². The van der Waals surface area contributed by atoms with Crippen LogP contribution in [0.25, 0.3) is 0 Å². The summed E-state index contributed by atoms with van der Waals surface area (Å²) in [5.74, 6) is 0.610. The molecule has 2 heteroatoms. The molecule has 1 atom stereocenters. The van der Waals surface area contributed by atoms with Crippen molar-refractivity contribution in [2.45, 2.75) is 32.8 Å². The van der Waals surface area contributed by atoms with Gasteiger partial charge in [0, 0.05) is 18.0 Å². The van der Waals surface area contributed by atoms with Crippen molar-refractivity contribution in [2.75, 3.05) is 0 Å². The van der Waals surface area contributed by atoms with Crippen molar-refractivity contribution in [3.63, 3.8) is 0 Å². The Kier molecular flexibility index (Phi) is 4.01. The lowest BCUT2D eigenvalue weighted by Gasteiger charge is -2.24. The maximum Gasteiger partial charge on any atom is 0.113 e. The summed E-state index contributed by atoms with van der Waals surface area (Å²) in [6, 6.07) is 11.9. The van der Waals surface area contributed by atoms with Crippen molar-refractivity contribution in [3.05, 3.63) is 65.5 Å². The van der Waals surface area contributed by atoms with Crippen molar-refractivity contribution < 1.29 is 5.11 Å². The number of hydrogen-bond acceptors (Lipinski definition) is 2. The fraction of sp³-hybridized carbons (Fsp3) is 0.353. The Morgan fingerprint density at radius 1 is 1.16 bits per heavy atom. The van der Waals surface area contributed by atoms with E-state index in [-0.39, 0.29) is 0 Å². The van der Waals surface area contributed by atoms with Gasteiger partial charge in [0.1, 0.15) is 5.60 Å². The number of rotatable bonds is 4. The number of benzene rings is 1. The standard InChI is InChI=1S/C17H21NO/c1-13(2)10-14-6-4-7-15(11-14)17(3,19)16-8-5-9-18-12-16/h4-9,11-13,19H,10H2,1-3H3. The maximum absolute atomic E-state index is 10.8. The molecule has 0 radical (unpaired) electrons. The highest BCUT2D eigenvalue weighted by Gasteiger charge is 2.25. The van der Waals surface area contributed by atoms with Gasteiger partial charge in [0.25, 0.3) is 0 Å². The van der Waals surface area contributed by atoms with Crippen molar-refractivity contribution in [3.8, 4) is 0 Å². The third-order valence-electron chi connectivity index (χ3n) is 3.36. The van der Waals surface area contributed by atoms with Gasteiger partial charge in [-0.1, -0.05) is 44.2 Å². The number of hydrogen-bond donors (Lipinski definition) is 1. The van der Waals surface area contributed by atoms with Gasteiger partial charge in [-0.3, -0.25) is 4.98 Å². The highest BCUT2D eigenvalue weighted by molar-refractivity contribution is 5.36. The van der Waals surface area contributed by atoms with Crippen LogP contribution in [0.2, 0.25) is 0 Å². The minimum absolute atomic E-state index is 0.610. The first-order valence-corrected chi connectivity index (χ1v) is 6.72. The first-order valence-electron chi connectivity index (χ1n) is 6.72. The molecule has 0 saturated heterocycles. The van der Waals surface area contributed by atoms with Gasteiger partial charge in [-0.25, -0.2) is 0 Å². The lowest BCUT2D eigenvalue weighted by Crippen LogP contribution is -2.23. The second-order valence-corrected chi connectivity index (χ2v) is 5.61. The minimum atomic E-state index is -0.999. The Balaban J connectivity index is 2.35. The average Bonchev–Trinajstić information content (AvgIpc) is 2.39. The number of aromatic nitrogens is 1. The minimum Gasteiger partial charge on any atom is -0.381 e. The average molecular weight is 255 g/mol. The van der Waals surface area contributed by atoms with E-state index >= 15 is 0 Å². The van der Waals surface area contributed by atoms with Gasteiger partial charge in [-0.05, 0) is 36.5 Å². The molecule has 0 saturated carbocycles. The molecule has 1 aromatic carbocycles. The van der Waals surface area contributed by atoms with E-state index in [1.54, 1.807) is 12.4 Å². The molecule has 0 aliphatic heterocycles. The van der Waals surface area contributed by atoms with E-state index in [9.17, 15) is 5.11 Å². The third-order valence-corrected chi connectivity index (χ3v) is 3.36. The predicted octanol–water partition coefficient (Wildman–Crippen LogP) is 3.54. The van der Waals surface area contributed by atoms with Gasteiger partial charge in [0.05, 0.1) is 0 Å². The summed E-state index contributed by atoms with van der Waals surface area (Å²) in [4.78, 5) is 4.09. The smallest absolute Gasteiger partial charge is 0.113 e. The van der Waals surface area contributed by atoms with Crippen molar-refractivity contribution in [1.82, 2.24) is 4.98 Å². The van der Waals surface area contributed by atoms with Gasteiger partial charge < -0.3 is 5.11 Å². The Morgan fingerprint density at radius 3 is 2.53 bits per heavy atom. The molecular formula is C17H21NO. The second kappa shape index (κ2) is 5.54. The molecule has 0 aliphatic carbocycles. The van der Waals surface area contributed by atoms with E-state index in [4.69, 9.17) is 0 Å². The van der Waals surface area contributed by atoms with Crippen LogP contribution in [0.3, 0.4) is 0 Å². The van der Waals surface area contributed by atoms with Crippen LogP contribution in [0.15, 0.2) is 48.8 Å². The fourth-order valence-electron chi connectivity index (χ4n) is 2.29. The number of pyridine rings is 1. The van der Waals surface area contributed by atoms with E-state index in [0.29, 0.717) is 5.92 Å². The SMILES string of the molecule is CC(C)Cc1cccc(C(C)(O)c2cccnc2)c1. The molecule has 2 rings (SSSR count). The molecule has 2 nitrogen and oxygen atoms in total. The normalized spacial score (nSPS) is 14.4. The molecule has 1 N–H and O–H groups in total. The maximum atomic E-state index is 10.8. The van der Waals surface area contributed by atoms with E-state index in [1.165, 1.54) is 5.56 Å². The summed E-state index contributed by atoms with van der Waals surface area (Å²) in [5.41, 5.74) is 1.99. The third kappa shape index (κ3) is 3.21. The molecular weight excluding hydrogens is 234 g/mol. The van der Waals surface area contributed by atoms with Gasteiger partial charge in [0.15, 0.2) is 0 Å². The predicted molar refractivity (Wildman–Crippen MR) is 77.9 cm³/mol. The molecule has 1 heterocycles. The highest BCUT2D eigenvalue weighted by Crippen LogP contribution is 2.29. The molecule has 1 aromatic heterocycles. The zero-order valence-electron chi connectivity index (χ0n) is 11.8. The second-order valence-electron chi connectivity index (χ2n) is 5.61. The van der Waals surface area contributed by atoms with E-state index in [2.05, 4.69) is 31.0 Å². The molecule has 2 aromatic rings. The molecule has 0 amide bonds. The van der Waals surface area contributed by atoms with Crippen LogP contribution in [-0.4, -0.2) is 10.1 Å². The molecule has 0 spiro atoms. The number of aliphatic hydroxyl groups is 1. The van der Waals surface area contributed by atoms with Crippen molar-refractivity contribution in [2.24, 2.45) is 5.92 Å². The van der Waals surface area contributed by atoms with Crippen LogP contribution < -0.4 is 0 Å². The Labute approximate surface area is 115 Å².